The molecule has 1 amide bonds. The number of anilines is 1. The second-order valence-electron chi connectivity index (χ2n) is 10.3. The van der Waals surface area contributed by atoms with Crippen molar-refractivity contribution in [3.63, 3.8) is 0 Å². The second kappa shape index (κ2) is 15.0. The minimum absolute atomic E-state index is 0.199. The first-order chi connectivity index (χ1) is 22.9. The number of fused-ring (bicyclic) bond motifs is 1. The number of hydrogen-bond acceptors (Lipinski definition) is 10. The first kappa shape index (κ1) is 32.7. The maximum Gasteiger partial charge on any atom is 0.255 e. The molecule has 246 valence electrons. The van der Waals surface area contributed by atoms with Crippen LogP contribution in [0.25, 0.3) is 12.2 Å². The van der Waals surface area contributed by atoms with Gasteiger partial charge in [-0.15, -0.1) is 0 Å². The molecule has 0 bridgehead atoms. The Labute approximate surface area is 273 Å². The van der Waals surface area contributed by atoms with Crippen molar-refractivity contribution in [3.8, 4) is 46.0 Å². The number of carbonyl (C=O) groups is 1. The van der Waals surface area contributed by atoms with Crippen molar-refractivity contribution >= 4 is 23.7 Å². The van der Waals surface area contributed by atoms with Gasteiger partial charge in [0.05, 0.1) is 48.2 Å². The van der Waals surface area contributed by atoms with E-state index >= 15 is 0 Å². The molecule has 1 heterocycles. The summed E-state index contributed by atoms with van der Waals surface area (Å²) in [6.07, 6.45) is 3.45. The van der Waals surface area contributed by atoms with Crippen LogP contribution in [0.1, 0.15) is 33.2 Å². The molecule has 0 fully saturated rings. The van der Waals surface area contributed by atoms with Crippen molar-refractivity contribution < 1.29 is 42.7 Å². The molecule has 0 aliphatic carbocycles. The zero-order valence-electron chi connectivity index (χ0n) is 27.2. The van der Waals surface area contributed by atoms with E-state index in [1.54, 1.807) is 54.8 Å². The van der Waals surface area contributed by atoms with Crippen LogP contribution < -0.4 is 48.5 Å². The number of nitrogens with one attached hydrogen (secondary N) is 2. The average Bonchev–Trinajstić information content (AvgIpc) is 3.11. The smallest absolute Gasteiger partial charge is 0.255 e. The van der Waals surface area contributed by atoms with Crippen molar-refractivity contribution in [2.45, 2.75) is 6.17 Å². The van der Waals surface area contributed by atoms with Crippen LogP contribution in [-0.4, -0.2) is 61.8 Å². The van der Waals surface area contributed by atoms with Crippen LogP contribution >= 0.6 is 0 Å². The molecule has 2 N–H and O–H groups in total. The predicted molar refractivity (Wildman–Crippen MR) is 179 cm³/mol. The molecule has 5 rings (SSSR count). The molecule has 1 aliphatic heterocycles. The molecule has 0 saturated carbocycles. The van der Waals surface area contributed by atoms with Gasteiger partial charge in [0.2, 0.25) is 5.75 Å². The van der Waals surface area contributed by atoms with Gasteiger partial charge in [0, 0.05) is 5.69 Å². The van der Waals surface area contributed by atoms with Crippen molar-refractivity contribution in [2.75, 3.05) is 61.2 Å². The molecule has 4 aromatic carbocycles. The van der Waals surface area contributed by atoms with Crippen LogP contribution in [0.5, 0.6) is 46.0 Å². The highest BCUT2D eigenvalue weighted by Crippen LogP contribution is 2.39. The van der Waals surface area contributed by atoms with E-state index in [0.29, 0.717) is 57.2 Å². The standard InChI is InChI=1S/C36H38N2O9/c1-40-25-11-12-27-26(21-25)36(39)38-35(37-27)24-10-14-29(30(20-24)42-3)46-15-16-47-31-17-22(9-13-28(31)41-2)7-8-23-18-32(43-4)34(45-6)33(19-23)44-5/h7-14,17-21,35,37H,15-16H2,1-6H3,(H,38,39)/b8-7+. The van der Waals surface area contributed by atoms with E-state index in [0.717, 1.165) is 16.7 Å². The van der Waals surface area contributed by atoms with Crippen molar-refractivity contribution in [1.82, 2.24) is 5.32 Å². The molecule has 0 aromatic heterocycles. The monoisotopic (exact) mass is 642 g/mol. The van der Waals surface area contributed by atoms with E-state index in [4.69, 9.17) is 37.9 Å². The highest BCUT2D eigenvalue weighted by atomic mass is 16.6. The van der Waals surface area contributed by atoms with Crippen LogP contribution in [-0.2, 0) is 0 Å². The molecule has 11 nitrogen and oxygen atoms in total. The summed E-state index contributed by atoms with van der Waals surface area (Å²) in [5, 5.41) is 6.32. The van der Waals surface area contributed by atoms with E-state index < -0.39 is 6.17 Å². The Hall–Kier alpha value is -5.71. The first-order valence-corrected chi connectivity index (χ1v) is 14.8. The van der Waals surface area contributed by atoms with Crippen molar-refractivity contribution in [3.05, 3.63) is 89.0 Å². The second-order valence-corrected chi connectivity index (χ2v) is 10.3. The number of amides is 1. The van der Waals surface area contributed by atoms with Crippen LogP contribution in [0, 0.1) is 0 Å². The lowest BCUT2D eigenvalue weighted by Gasteiger charge is -2.28. The third kappa shape index (κ3) is 7.41. The normalized spacial score (nSPS) is 13.6. The molecule has 4 aromatic rings. The Kier molecular flexibility index (Phi) is 10.5. The number of ether oxygens (including phenoxy) is 8. The zero-order valence-corrected chi connectivity index (χ0v) is 27.2. The number of benzene rings is 4. The number of methoxy groups -OCH3 is 6. The fraction of sp³-hybridized carbons (Fsp3) is 0.250. The third-order valence-electron chi connectivity index (χ3n) is 7.51. The Morgan fingerprint density at radius 2 is 1.21 bits per heavy atom. The fourth-order valence-electron chi connectivity index (χ4n) is 5.12. The van der Waals surface area contributed by atoms with Gasteiger partial charge in [-0.05, 0) is 71.3 Å². The molecular weight excluding hydrogens is 604 g/mol. The van der Waals surface area contributed by atoms with Gasteiger partial charge < -0.3 is 48.5 Å². The molecule has 0 saturated heterocycles. The van der Waals surface area contributed by atoms with Gasteiger partial charge >= 0.3 is 0 Å². The SMILES string of the molecule is COc1ccc2c(c1)C(=O)NC(c1ccc(OCCOc3cc(/C=C/c4cc(OC)c(OC)c(OC)c4)ccc3OC)c(OC)c1)N2. The summed E-state index contributed by atoms with van der Waals surface area (Å²) in [5.41, 5.74) is 3.81. The minimum atomic E-state index is -0.447. The lowest BCUT2D eigenvalue weighted by Crippen LogP contribution is -2.38. The minimum Gasteiger partial charge on any atom is -0.497 e. The zero-order chi connectivity index (χ0) is 33.3. The molecule has 47 heavy (non-hydrogen) atoms. The van der Waals surface area contributed by atoms with Crippen LogP contribution in [0.15, 0.2) is 66.7 Å². The van der Waals surface area contributed by atoms with Gasteiger partial charge in [0.25, 0.3) is 5.91 Å². The Bertz CT molecular complexity index is 1730. The third-order valence-corrected chi connectivity index (χ3v) is 7.51. The van der Waals surface area contributed by atoms with Crippen LogP contribution in [0.3, 0.4) is 0 Å². The summed E-state index contributed by atoms with van der Waals surface area (Å²) in [6, 6.07) is 20.3. The number of rotatable bonds is 14. The van der Waals surface area contributed by atoms with E-state index in [9.17, 15) is 4.79 Å². The summed E-state index contributed by atoms with van der Waals surface area (Å²) in [4.78, 5) is 12.8. The van der Waals surface area contributed by atoms with Gasteiger partial charge in [-0.1, -0.05) is 24.3 Å². The molecule has 0 spiro atoms. The lowest BCUT2D eigenvalue weighted by molar-refractivity contribution is 0.0935. The van der Waals surface area contributed by atoms with Crippen LogP contribution in [0.4, 0.5) is 5.69 Å². The van der Waals surface area contributed by atoms with Crippen LogP contribution in [0.2, 0.25) is 0 Å². The van der Waals surface area contributed by atoms with E-state index in [2.05, 4.69) is 10.6 Å². The molecule has 1 atom stereocenters. The highest BCUT2D eigenvalue weighted by molar-refractivity contribution is 6.02. The molecule has 1 aliphatic rings. The predicted octanol–water partition coefficient (Wildman–Crippen LogP) is 6.22. The topological polar surface area (TPSA) is 115 Å². The molecular formula is C36H38N2O9. The molecule has 1 unspecified atom stereocenters. The van der Waals surface area contributed by atoms with E-state index in [1.807, 2.05) is 66.7 Å². The van der Waals surface area contributed by atoms with Gasteiger partial charge in [-0.3, -0.25) is 4.79 Å². The summed E-state index contributed by atoms with van der Waals surface area (Å²) >= 11 is 0. The fourth-order valence-corrected chi connectivity index (χ4v) is 5.12. The maximum absolute atomic E-state index is 12.8. The van der Waals surface area contributed by atoms with Gasteiger partial charge in [0.1, 0.15) is 25.1 Å². The summed E-state index contributed by atoms with van der Waals surface area (Å²) < 4.78 is 44.8. The van der Waals surface area contributed by atoms with Crippen molar-refractivity contribution in [1.29, 1.82) is 0 Å². The Morgan fingerprint density at radius 1 is 0.574 bits per heavy atom. The number of hydrogen-bond donors (Lipinski definition) is 2. The number of carbonyl (C=O) groups excluding carboxylic acids is 1. The lowest BCUT2D eigenvalue weighted by atomic mass is 10.0. The van der Waals surface area contributed by atoms with Crippen molar-refractivity contribution in [2.24, 2.45) is 0 Å². The Balaban J connectivity index is 1.22. The average molecular weight is 643 g/mol. The highest BCUT2D eigenvalue weighted by Gasteiger charge is 2.26. The maximum atomic E-state index is 12.8. The Morgan fingerprint density at radius 3 is 1.87 bits per heavy atom. The van der Waals surface area contributed by atoms with E-state index in [1.165, 1.54) is 0 Å². The van der Waals surface area contributed by atoms with Gasteiger partial charge in [-0.2, -0.15) is 0 Å². The summed E-state index contributed by atoms with van der Waals surface area (Å²) in [7, 11) is 9.46. The van der Waals surface area contributed by atoms with Gasteiger partial charge in [0.15, 0.2) is 34.5 Å². The molecule has 0 radical (unpaired) electrons. The summed E-state index contributed by atoms with van der Waals surface area (Å²) in [5.74, 6) is 4.32. The van der Waals surface area contributed by atoms with Gasteiger partial charge in [-0.25, -0.2) is 0 Å². The largest absolute Gasteiger partial charge is 0.497 e. The van der Waals surface area contributed by atoms with E-state index in [-0.39, 0.29) is 19.1 Å². The quantitative estimate of drug-likeness (QED) is 0.121. The summed E-state index contributed by atoms with van der Waals surface area (Å²) in [6.45, 7) is 0.500. The first-order valence-electron chi connectivity index (χ1n) is 14.8. The molecule has 11 heteroatoms.